The predicted molar refractivity (Wildman–Crippen MR) is 153 cm³/mol. The average Bonchev–Trinajstić information content (AvgIpc) is 3.66. The fourth-order valence-corrected chi connectivity index (χ4v) is 7.10. The highest BCUT2D eigenvalue weighted by molar-refractivity contribution is 6.06. The SMILES string of the molecule is CCN1C(=O)C2=C(CC13CC3)OC1=C(C(=O)CC(C)(C)C1)[C@H]2c1c(OC)ccc(-c2ccc(C)c(C(=O)O)n2)c1C. The van der Waals surface area contributed by atoms with E-state index in [0.717, 1.165) is 29.5 Å². The fraction of sp³-hybridized carbons (Fsp3) is 0.455. The van der Waals surface area contributed by atoms with Crippen LogP contribution in [-0.2, 0) is 14.3 Å². The normalized spacial score (nSPS) is 22.4. The number of aryl methyl sites for hydroxylation is 1. The van der Waals surface area contributed by atoms with E-state index < -0.39 is 11.9 Å². The first-order valence-corrected chi connectivity index (χ1v) is 14.3. The van der Waals surface area contributed by atoms with Crippen molar-refractivity contribution in [3.8, 4) is 17.0 Å². The topological polar surface area (TPSA) is 106 Å². The molecule has 0 bridgehead atoms. The lowest BCUT2D eigenvalue weighted by molar-refractivity contribution is -0.132. The Morgan fingerprint density at radius 2 is 1.78 bits per heavy atom. The van der Waals surface area contributed by atoms with Crippen LogP contribution in [0, 0.1) is 19.3 Å². The number of rotatable bonds is 5. The monoisotopic (exact) mass is 556 g/mol. The summed E-state index contributed by atoms with van der Waals surface area (Å²) in [5.74, 6) is 0.00765. The molecular formula is C33H36N2O6. The third kappa shape index (κ3) is 4.18. The van der Waals surface area contributed by atoms with Crippen molar-refractivity contribution in [3.05, 3.63) is 69.3 Å². The van der Waals surface area contributed by atoms with Crippen molar-refractivity contribution in [1.82, 2.24) is 9.88 Å². The number of aromatic nitrogens is 1. The van der Waals surface area contributed by atoms with Crippen LogP contribution in [-0.4, -0.2) is 51.8 Å². The number of amides is 1. The number of pyridine rings is 1. The molecule has 2 aliphatic carbocycles. The molecule has 0 radical (unpaired) electrons. The Morgan fingerprint density at radius 3 is 2.41 bits per heavy atom. The van der Waals surface area contributed by atoms with Crippen LogP contribution in [0.1, 0.15) is 86.0 Å². The highest BCUT2D eigenvalue weighted by Gasteiger charge is 2.58. The van der Waals surface area contributed by atoms with Crippen LogP contribution in [0.25, 0.3) is 11.3 Å². The second-order valence-corrected chi connectivity index (χ2v) is 12.6. The number of carboxylic acids is 1. The van der Waals surface area contributed by atoms with Crippen molar-refractivity contribution in [2.75, 3.05) is 13.7 Å². The average molecular weight is 557 g/mol. The fourth-order valence-electron chi connectivity index (χ4n) is 7.10. The standard InChI is InChI=1S/C33H36N2O6/c1-7-35-30(37)27-24(16-33(35)12-13-33)41-23-15-32(4,5)14-21(36)26(23)28(27)25-18(3)19(9-11-22(25)40-6)20-10-8-17(2)29(34-20)31(38)39/h8-11,28H,7,12-16H2,1-6H3,(H,38,39)/t28-/m1/s1. The number of aromatic carboxylic acids is 1. The molecule has 3 heterocycles. The Labute approximate surface area is 240 Å². The molecule has 4 aliphatic rings. The molecule has 214 valence electrons. The molecule has 8 heteroatoms. The highest BCUT2D eigenvalue weighted by Crippen LogP contribution is 2.58. The lowest BCUT2D eigenvalue weighted by atomic mass is 9.68. The van der Waals surface area contributed by atoms with Gasteiger partial charge in [-0.15, -0.1) is 0 Å². The number of nitrogens with zero attached hydrogens (tertiary/aromatic N) is 2. The number of carboxylic acid groups (broad SMARTS) is 1. The number of benzene rings is 1. The zero-order chi connectivity index (χ0) is 29.4. The Hall–Kier alpha value is -3.94. The van der Waals surface area contributed by atoms with Crippen LogP contribution in [0.15, 0.2) is 46.9 Å². The van der Waals surface area contributed by atoms with Gasteiger partial charge in [-0.25, -0.2) is 9.78 Å². The Kier molecular flexibility index (Phi) is 6.17. The van der Waals surface area contributed by atoms with Gasteiger partial charge in [0.05, 0.1) is 29.8 Å². The number of allylic oxidation sites excluding steroid dienone is 2. The molecule has 1 atom stereocenters. The van der Waals surface area contributed by atoms with Gasteiger partial charge in [-0.3, -0.25) is 9.59 Å². The molecule has 1 spiro atoms. The van der Waals surface area contributed by atoms with Gasteiger partial charge >= 0.3 is 5.97 Å². The maximum absolute atomic E-state index is 14.3. The van der Waals surface area contributed by atoms with Crippen LogP contribution in [0.5, 0.6) is 5.75 Å². The van der Waals surface area contributed by atoms with Crippen LogP contribution >= 0.6 is 0 Å². The molecule has 1 fully saturated rings. The Balaban J connectivity index is 1.61. The van der Waals surface area contributed by atoms with E-state index in [1.165, 1.54) is 0 Å². The van der Waals surface area contributed by atoms with Crippen molar-refractivity contribution < 1.29 is 29.0 Å². The number of likely N-dealkylation sites (N-methyl/N-ethyl adjacent to an activating group) is 1. The molecule has 2 aromatic rings. The van der Waals surface area contributed by atoms with E-state index in [2.05, 4.69) is 18.8 Å². The molecule has 1 amide bonds. The first-order valence-electron chi connectivity index (χ1n) is 14.3. The van der Waals surface area contributed by atoms with Crippen molar-refractivity contribution in [3.63, 3.8) is 0 Å². The van der Waals surface area contributed by atoms with Gasteiger partial charge in [0.2, 0.25) is 0 Å². The van der Waals surface area contributed by atoms with E-state index in [4.69, 9.17) is 9.47 Å². The van der Waals surface area contributed by atoms with Gasteiger partial charge in [0, 0.05) is 42.5 Å². The lowest BCUT2D eigenvalue weighted by Gasteiger charge is -2.45. The van der Waals surface area contributed by atoms with Gasteiger partial charge in [-0.1, -0.05) is 19.9 Å². The minimum atomic E-state index is -1.10. The minimum Gasteiger partial charge on any atom is -0.496 e. The summed E-state index contributed by atoms with van der Waals surface area (Å²) >= 11 is 0. The van der Waals surface area contributed by atoms with Gasteiger partial charge in [-0.2, -0.15) is 0 Å². The summed E-state index contributed by atoms with van der Waals surface area (Å²) in [7, 11) is 1.58. The molecule has 1 aromatic heterocycles. The molecule has 1 saturated carbocycles. The number of Topliss-reactive ketones (excluding diaryl/α,β-unsaturated/α-hetero) is 1. The summed E-state index contributed by atoms with van der Waals surface area (Å²) < 4.78 is 12.4. The smallest absolute Gasteiger partial charge is 0.354 e. The quantitative estimate of drug-likeness (QED) is 0.491. The number of ether oxygens (including phenoxy) is 2. The molecule has 2 aliphatic heterocycles. The van der Waals surface area contributed by atoms with Gasteiger partial charge in [0.1, 0.15) is 17.3 Å². The molecule has 41 heavy (non-hydrogen) atoms. The van der Waals surface area contributed by atoms with Gasteiger partial charge in [0.25, 0.3) is 5.91 Å². The van der Waals surface area contributed by atoms with Crippen molar-refractivity contribution in [2.24, 2.45) is 5.41 Å². The van der Waals surface area contributed by atoms with Gasteiger partial charge in [0.15, 0.2) is 11.5 Å². The van der Waals surface area contributed by atoms with E-state index >= 15 is 0 Å². The largest absolute Gasteiger partial charge is 0.496 e. The zero-order valence-corrected chi connectivity index (χ0v) is 24.5. The molecule has 1 aromatic carbocycles. The minimum absolute atomic E-state index is 0.0132. The van der Waals surface area contributed by atoms with E-state index in [1.54, 1.807) is 26.2 Å². The number of carbonyl (C=O) groups excluding carboxylic acids is 2. The Bertz CT molecular complexity index is 1590. The van der Waals surface area contributed by atoms with E-state index in [9.17, 15) is 19.5 Å². The number of carbonyl (C=O) groups is 3. The summed E-state index contributed by atoms with van der Waals surface area (Å²) in [5.41, 5.74) is 3.85. The predicted octanol–water partition coefficient (Wildman–Crippen LogP) is 5.87. The van der Waals surface area contributed by atoms with E-state index in [0.29, 0.717) is 65.5 Å². The number of hydrogen-bond donors (Lipinski definition) is 1. The van der Waals surface area contributed by atoms with Crippen LogP contribution in [0.3, 0.4) is 0 Å². The highest BCUT2D eigenvalue weighted by atomic mass is 16.5. The number of methoxy groups -OCH3 is 1. The molecule has 8 nitrogen and oxygen atoms in total. The molecule has 0 unspecified atom stereocenters. The van der Waals surface area contributed by atoms with Crippen molar-refractivity contribution in [1.29, 1.82) is 0 Å². The summed E-state index contributed by atoms with van der Waals surface area (Å²) in [4.78, 5) is 46.5. The first-order chi connectivity index (χ1) is 19.4. The lowest BCUT2D eigenvalue weighted by Crippen LogP contribution is -2.49. The Morgan fingerprint density at radius 1 is 1.07 bits per heavy atom. The van der Waals surface area contributed by atoms with Crippen LogP contribution in [0.2, 0.25) is 0 Å². The summed E-state index contributed by atoms with van der Waals surface area (Å²) in [6, 6.07) is 7.23. The molecule has 6 rings (SSSR count). The van der Waals surface area contributed by atoms with Crippen molar-refractivity contribution >= 4 is 17.7 Å². The first kappa shape index (κ1) is 27.2. The second kappa shape index (κ2) is 9.29. The van der Waals surface area contributed by atoms with Crippen LogP contribution < -0.4 is 4.74 Å². The number of hydrogen-bond acceptors (Lipinski definition) is 6. The number of ketones is 1. The summed E-state index contributed by atoms with van der Waals surface area (Å²) in [6.45, 7) is 10.4. The molecule has 0 saturated heterocycles. The third-order valence-electron chi connectivity index (χ3n) is 9.24. The van der Waals surface area contributed by atoms with E-state index in [1.807, 2.05) is 30.9 Å². The third-order valence-corrected chi connectivity index (χ3v) is 9.24. The summed E-state index contributed by atoms with van der Waals surface area (Å²) in [5, 5.41) is 9.71. The molecular weight excluding hydrogens is 520 g/mol. The van der Waals surface area contributed by atoms with Gasteiger partial charge in [-0.05, 0) is 68.4 Å². The maximum Gasteiger partial charge on any atom is 0.354 e. The van der Waals surface area contributed by atoms with Crippen LogP contribution in [0.4, 0.5) is 0 Å². The zero-order valence-electron chi connectivity index (χ0n) is 24.5. The molecule has 1 N–H and O–H groups in total. The van der Waals surface area contributed by atoms with Gasteiger partial charge < -0.3 is 19.5 Å². The van der Waals surface area contributed by atoms with E-state index in [-0.39, 0.29) is 28.3 Å². The summed E-state index contributed by atoms with van der Waals surface area (Å²) in [6.07, 6.45) is 3.47. The van der Waals surface area contributed by atoms with Crippen molar-refractivity contribution in [2.45, 2.75) is 78.2 Å². The maximum atomic E-state index is 14.3. The second-order valence-electron chi connectivity index (χ2n) is 12.6.